The molecule has 21 heavy (non-hydrogen) atoms. The number of pyridine rings is 1. The normalized spacial score (nSPS) is 10.7. The molecule has 2 aromatic heterocycles. The Balaban J connectivity index is 1.71. The molecule has 3 rings (SSSR count). The number of thiazole rings is 1. The summed E-state index contributed by atoms with van der Waals surface area (Å²) >= 11 is 8.96. The third kappa shape index (κ3) is 3.56. The molecule has 3 aromatic rings. The first-order chi connectivity index (χ1) is 10.2. The predicted molar refractivity (Wildman–Crippen MR) is 87.5 cm³/mol. The van der Waals surface area contributed by atoms with Gasteiger partial charge in [-0.15, -0.1) is 11.3 Å². The first kappa shape index (κ1) is 14.4. The maximum Gasteiger partial charge on any atom is 0.251 e. The topological polar surface area (TPSA) is 39.8 Å². The molecule has 1 aromatic carbocycles. The largest absolute Gasteiger partial charge is 0.618 e. The molecule has 2 heterocycles. The summed E-state index contributed by atoms with van der Waals surface area (Å²) in [5.41, 5.74) is 2.03. The van der Waals surface area contributed by atoms with Crippen molar-refractivity contribution >= 4 is 34.7 Å². The minimum absolute atomic E-state index is 0.677. The second kappa shape index (κ2) is 6.47. The predicted octanol–water partition coefficient (Wildman–Crippen LogP) is 4.39. The first-order valence-electron chi connectivity index (χ1n) is 6.24. The van der Waals surface area contributed by atoms with E-state index in [9.17, 15) is 5.21 Å². The summed E-state index contributed by atoms with van der Waals surface area (Å²) in [6.45, 7) is 0. The lowest BCUT2D eigenvalue weighted by Gasteiger charge is -2.01. The van der Waals surface area contributed by atoms with Crippen LogP contribution in [-0.4, -0.2) is 4.98 Å². The molecule has 0 radical (unpaired) electrons. The van der Waals surface area contributed by atoms with Crippen LogP contribution in [-0.2, 0) is 5.75 Å². The first-order valence-corrected chi connectivity index (χ1v) is 8.48. The van der Waals surface area contributed by atoms with Crippen molar-refractivity contribution < 1.29 is 4.73 Å². The molecule has 0 amide bonds. The molecule has 0 unspecified atom stereocenters. The number of benzene rings is 1. The lowest BCUT2D eigenvalue weighted by Crippen LogP contribution is -2.27. The highest BCUT2D eigenvalue weighted by atomic mass is 35.5. The molecule has 0 fully saturated rings. The highest BCUT2D eigenvalue weighted by molar-refractivity contribution is 7.98. The van der Waals surface area contributed by atoms with Crippen LogP contribution in [0.15, 0.2) is 59.1 Å². The average molecular weight is 335 g/mol. The Labute approximate surface area is 135 Å². The standard InChI is InChI=1S/C15H11ClN2OS2/c16-12-6-4-11(5-7-12)15-17-13(10-21-15)9-20-14-3-1-2-8-18(14)19/h1-8,10H,9H2. The van der Waals surface area contributed by atoms with Crippen molar-refractivity contribution in [3.05, 3.63) is 70.0 Å². The van der Waals surface area contributed by atoms with E-state index in [2.05, 4.69) is 4.98 Å². The Hall–Kier alpha value is -1.56. The van der Waals surface area contributed by atoms with E-state index in [-0.39, 0.29) is 0 Å². The summed E-state index contributed by atoms with van der Waals surface area (Å²) in [4.78, 5) is 4.60. The molecule has 0 aliphatic rings. The molecule has 0 saturated heterocycles. The van der Waals surface area contributed by atoms with Crippen molar-refractivity contribution in [3.8, 4) is 10.6 Å². The van der Waals surface area contributed by atoms with Gasteiger partial charge < -0.3 is 5.21 Å². The Kier molecular flexibility index (Phi) is 4.43. The van der Waals surface area contributed by atoms with Gasteiger partial charge in [0.25, 0.3) is 5.03 Å². The summed E-state index contributed by atoms with van der Waals surface area (Å²) in [5, 5.41) is 15.9. The van der Waals surface area contributed by atoms with Crippen molar-refractivity contribution in [1.29, 1.82) is 0 Å². The summed E-state index contributed by atoms with van der Waals surface area (Å²) < 4.78 is 0.872. The Bertz CT molecular complexity index is 743. The van der Waals surface area contributed by atoms with Crippen molar-refractivity contribution in [1.82, 2.24) is 4.98 Å². The minimum Gasteiger partial charge on any atom is -0.618 e. The molecule has 3 nitrogen and oxygen atoms in total. The lowest BCUT2D eigenvalue weighted by molar-refractivity contribution is -0.645. The van der Waals surface area contributed by atoms with E-state index in [4.69, 9.17) is 11.6 Å². The lowest BCUT2D eigenvalue weighted by atomic mass is 10.2. The van der Waals surface area contributed by atoms with Gasteiger partial charge in [-0.3, -0.25) is 0 Å². The molecule has 0 atom stereocenters. The van der Waals surface area contributed by atoms with Gasteiger partial charge in [-0.2, -0.15) is 4.73 Å². The van der Waals surface area contributed by atoms with E-state index >= 15 is 0 Å². The zero-order chi connectivity index (χ0) is 14.7. The molecule has 0 aliphatic heterocycles. The van der Waals surface area contributed by atoms with Gasteiger partial charge in [-0.1, -0.05) is 23.7 Å². The van der Waals surface area contributed by atoms with Crippen molar-refractivity contribution in [2.75, 3.05) is 0 Å². The maximum atomic E-state index is 11.6. The Morgan fingerprint density at radius 3 is 2.76 bits per heavy atom. The number of hydrogen-bond acceptors (Lipinski definition) is 4. The van der Waals surface area contributed by atoms with Crippen LogP contribution >= 0.6 is 34.7 Å². The monoisotopic (exact) mass is 334 g/mol. The van der Waals surface area contributed by atoms with Crippen LogP contribution in [0.5, 0.6) is 0 Å². The molecule has 0 bridgehead atoms. The van der Waals surface area contributed by atoms with Crippen LogP contribution in [0.1, 0.15) is 5.69 Å². The van der Waals surface area contributed by atoms with E-state index in [1.165, 1.54) is 18.0 Å². The fourth-order valence-electron chi connectivity index (χ4n) is 1.77. The van der Waals surface area contributed by atoms with Crippen molar-refractivity contribution in [2.45, 2.75) is 10.8 Å². The summed E-state index contributed by atoms with van der Waals surface area (Å²) in [6.07, 6.45) is 1.50. The zero-order valence-corrected chi connectivity index (χ0v) is 13.3. The molecule has 6 heteroatoms. The van der Waals surface area contributed by atoms with Crippen LogP contribution in [0.3, 0.4) is 0 Å². The molecule has 0 saturated carbocycles. The van der Waals surface area contributed by atoms with Gasteiger partial charge in [0.2, 0.25) is 0 Å². The Morgan fingerprint density at radius 2 is 2.00 bits per heavy atom. The zero-order valence-electron chi connectivity index (χ0n) is 10.9. The molecule has 106 valence electrons. The Morgan fingerprint density at radius 1 is 1.19 bits per heavy atom. The van der Waals surface area contributed by atoms with Gasteiger partial charge >= 0.3 is 0 Å². The van der Waals surface area contributed by atoms with Crippen molar-refractivity contribution in [3.63, 3.8) is 0 Å². The average Bonchev–Trinajstić information content (AvgIpc) is 2.96. The van der Waals surface area contributed by atoms with Gasteiger partial charge in [0.15, 0.2) is 6.20 Å². The van der Waals surface area contributed by atoms with E-state index in [0.717, 1.165) is 26.0 Å². The minimum atomic E-state index is 0.677. The van der Waals surface area contributed by atoms with Gasteiger partial charge in [0, 0.05) is 33.9 Å². The van der Waals surface area contributed by atoms with E-state index < -0.39 is 0 Å². The quantitative estimate of drug-likeness (QED) is 0.403. The van der Waals surface area contributed by atoms with Crippen LogP contribution < -0.4 is 4.73 Å². The van der Waals surface area contributed by atoms with Crippen LogP contribution in [0, 0.1) is 5.21 Å². The van der Waals surface area contributed by atoms with E-state index in [1.807, 2.05) is 41.8 Å². The van der Waals surface area contributed by atoms with E-state index in [1.54, 1.807) is 17.4 Å². The molecule has 0 N–H and O–H groups in total. The number of hydrogen-bond donors (Lipinski definition) is 0. The summed E-state index contributed by atoms with van der Waals surface area (Å²) in [6, 6.07) is 13.0. The number of aromatic nitrogens is 2. The molecule has 0 aliphatic carbocycles. The van der Waals surface area contributed by atoms with Crippen molar-refractivity contribution in [2.24, 2.45) is 0 Å². The maximum absolute atomic E-state index is 11.6. The van der Waals surface area contributed by atoms with E-state index in [0.29, 0.717) is 10.8 Å². The third-order valence-electron chi connectivity index (χ3n) is 2.80. The number of halogens is 1. The fourth-order valence-corrected chi connectivity index (χ4v) is 3.63. The smallest absolute Gasteiger partial charge is 0.251 e. The van der Waals surface area contributed by atoms with Crippen LogP contribution in [0.25, 0.3) is 10.6 Å². The number of rotatable bonds is 4. The second-order valence-electron chi connectivity index (χ2n) is 4.30. The third-order valence-corrected chi connectivity index (χ3v) is 5.04. The van der Waals surface area contributed by atoms with Gasteiger partial charge in [-0.05, 0) is 30.0 Å². The molecular weight excluding hydrogens is 324 g/mol. The number of thioether (sulfide) groups is 1. The van der Waals surface area contributed by atoms with Crippen LogP contribution in [0.2, 0.25) is 5.02 Å². The molecular formula is C15H11ClN2OS2. The molecule has 0 spiro atoms. The van der Waals surface area contributed by atoms with Gasteiger partial charge in [-0.25, -0.2) is 4.98 Å². The summed E-state index contributed by atoms with van der Waals surface area (Å²) in [5.74, 6) is 0.677. The second-order valence-corrected chi connectivity index (χ2v) is 6.59. The summed E-state index contributed by atoms with van der Waals surface area (Å²) in [7, 11) is 0. The van der Waals surface area contributed by atoms with Gasteiger partial charge in [0.05, 0.1) is 5.69 Å². The van der Waals surface area contributed by atoms with Gasteiger partial charge in [0.1, 0.15) is 5.01 Å². The highest BCUT2D eigenvalue weighted by Crippen LogP contribution is 2.27. The fraction of sp³-hybridized carbons (Fsp3) is 0.0667. The van der Waals surface area contributed by atoms with Crippen LogP contribution in [0.4, 0.5) is 0 Å². The number of nitrogens with zero attached hydrogens (tertiary/aromatic N) is 2. The SMILES string of the molecule is [O-][n+]1ccccc1SCc1csc(-c2ccc(Cl)cc2)n1. The highest BCUT2D eigenvalue weighted by Gasteiger charge is 2.08.